The number of hydrogen-bond acceptors (Lipinski definition) is 4. The summed E-state index contributed by atoms with van der Waals surface area (Å²) in [6, 6.07) is 13.7. The first-order chi connectivity index (χ1) is 19.0. The zero-order chi connectivity index (χ0) is 30.0. The van der Waals surface area contributed by atoms with Crippen molar-refractivity contribution < 1.29 is 44.5 Å². The summed E-state index contributed by atoms with van der Waals surface area (Å²) in [5.74, 6) is -0.330. The number of imidazole rings is 1. The summed E-state index contributed by atoms with van der Waals surface area (Å²) in [7, 11) is -10.7. The van der Waals surface area contributed by atoms with Crippen LogP contribution in [0.3, 0.4) is 0 Å². The van der Waals surface area contributed by atoms with Crippen molar-refractivity contribution in [2.24, 2.45) is 5.41 Å². The summed E-state index contributed by atoms with van der Waals surface area (Å²) in [4.78, 5) is 36.6. The number of nitrogens with zero attached hydrogens (tertiary/aromatic N) is 1. The number of nitrogens with one attached hydrogen (secondary N) is 4. The third kappa shape index (κ3) is 8.86. The molecule has 2 atom stereocenters. The fraction of sp³-hybridized carbons (Fsp3) is 0.308. The number of halogens is 6. The number of carbonyl (C=O) groups excluding carboxylic acids is 2. The van der Waals surface area contributed by atoms with Gasteiger partial charge in [-0.3, -0.25) is 9.59 Å². The Bertz CT molecular complexity index is 1560. The van der Waals surface area contributed by atoms with Crippen LogP contribution in [-0.2, 0) is 9.53 Å². The molecule has 0 aliphatic carbocycles. The van der Waals surface area contributed by atoms with E-state index in [1.165, 1.54) is 0 Å². The third-order valence-electron chi connectivity index (χ3n) is 6.56. The van der Waals surface area contributed by atoms with Gasteiger partial charge in [-0.05, 0) is 42.2 Å². The molecule has 2 aromatic carbocycles. The Hall–Kier alpha value is -3.77. The zero-order valence-electron chi connectivity index (χ0n) is 21.8. The molecule has 1 aliphatic rings. The molecule has 0 spiro atoms. The van der Waals surface area contributed by atoms with Gasteiger partial charge in [-0.2, -0.15) is 0 Å². The molecule has 1 aliphatic heterocycles. The van der Waals surface area contributed by atoms with Gasteiger partial charge in [0.1, 0.15) is 16.6 Å². The first-order valence-corrected chi connectivity index (χ1v) is 14.6. The zero-order valence-corrected chi connectivity index (χ0v) is 22.7. The predicted molar refractivity (Wildman–Crippen MR) is 142 cm³/mol. The first kappa shape index (κ1) is 30.2. The van der Waals surface area contributed by atoms with E-state index < -0.39 is 19.3 Å². The van der Waals surface area contributed by atoms with Crippen molar-refractivity contribution in [1.29, 1.82) is 0 Å². The number of H-pyrrole nitrogens is 2. The van der Waals surface area contributed by atoms with Gasteiger partial charge in [0.05, 0.1) is 24.4 Å². The quantitative estimate of drug-likeness (QED) is 0.177. The minimum atomic E-state index is -10.7. The number of hydrogen-bond donors (Lipinski definition) is 3. The van der Waals surface area contributed by atoms with Gasteiger partial charge in [-0.15, -0.1) is 0 Å². The molecule has 0 saturated carbocycles. The SMILES string of the molecule is CC1(C(=O)NCC(NC(=O)c2c[nH+]cc3[nH]cnc23)c2ccc3ccccc3c2)CCCOC1.F[P-](F)(F)(F)(F)F. The topological polar surface area (TPSA) is 110 Å². The molecule has 0 radical (unpaired) electrons. The normalized spacial score (nSPS) is 19.8. The number of fused-ring (bicyclic) bond motifs is 2. The van der Waals surface area contributed by atoms with E-state index >= 15 is 0 Å². The Morgan fingerprint density at radius 1 is 1.10 bits per heavy atom. The summed E-state index contributed by atoms with van der Waals surface area (Å²) in [6.45, 7) is 3.29. The molecule has 2 unspecified atom stereocenters. The molecule has 0 bridgehead atoms. The van der Waals surface area contributed by atoms with E-state index in [9.17, 15) is 34.8 Å². The van der Waals surface area contributed by atoms with Crippen molar-refractivity contribution in [3.63, 3.8) is 0 Å². The fourth-order valence-corrected chi connectivity index (χ4v) is 4.51. The van der Waals surface area contributed by atoms with Crippen molar-refractivity contribution in [2.45, 2.75) is 25.8 Å². The molecule has 222 valence electrons. The molecule has 8 nitrogen and oxygen atoms in total. The van der Waals surface area contributed by atoms with E-state index in [-0.39, 0.29) is 18.4 Å². The number of carbonyl (C=O) groups is 2. The predicted octanol–water partition coefficient (Wildman–Crippen LogP) is 6.32. The Balaban J connectivity index is 0.000000493. The molecular weight excluding hydrogens is 575 g/mol. The number of pyridine rings is 1. The molecule has 1 fully saturated rings. The van der Waals surface area contributed by atoms with Crippen LogP contribution >= 0.6 is 7.81 Å². The summed E-state index contributed by atoms with van der Waals surface area (Å²) >= 11 is 0. The number of benzene rings is 2. The number of aromatic amines is 2. The van der Waals surface area contributed by atoms with Crippen LogP contribution in [0.4, 0.5) is 25.2 Å². The summed E-state index contributed by atoms with van der Waals surface area (Å²) in [5, 5.41) is 8.36. The fourth-order valence-electron chi connectivity index (χ4n) is 4.51. The second-order valence-electron chi connectivity index (χ2n) is 10.1. The van der Waals surface area contributed by atoms with Crippen LogP contribution in [0.5, 0.6) is 0 Å². The number of aromatic nitrogens is 3. The number of ether oxygens (including phenoxy) is 1. The monoisotopic (exact) mass is 603 g/mol. The van der Waals surface area contributed by atoms with E-state index in [2.05, 4.69) is 31.7 Å². The van der Waals surface area contributed by atoms with E-state index in [0.29, 0.717) is 24.3 Å². The maximum absolute atomic E-state index is 13.3. The van der Waals surface area contributed by atoms with Crippen molar-refractivity contribution in [3.05, 3.63) is 72.3 Å². The van der Waals surface area contributed by atoms with Crippen LogP contribution < -0.4 is 15.6 Å². The molecule has 4 N–H and O–H groups in total. The Labute approximate surface area is 230 Å². The van der Waals surface area contributed by atoms with Gasteiger partial charge in [0, 0.05) is 13.2 Å². The van der Waals surface area contributed by atoms with E-state index in [1.807, 2.05) is 43.3 Å². The molecule has 15 heteroatoms. The van der Waals surface area contributed by atoms with Gasteiger partial charge in [0.25, 0.3) is 5.91 Å². The number of rotatable bonds is 6. The second-order valence-corrected chi connectivity index (χ2v) is 12.0. The van der Waals surface area contributed by atoms with Crippen molar-refractivity contribution in [2.75, 3.05) is 19.8 Å². The maximum atomic E-state index is 13.3. The Morgan fingerprint density at radius 2 is 1.80 bits per heavy atom. The van der Waals surface area contributed by atoms with Gasteiger partial charge < -0.3 is 20.4 Å². The first-order valence-electron chi connectivity index (χ1n) is 12.5. The Kier molecular flexibility index (Phi) is 7.78. The van der Waals surface area contributed by atoms with E-state index in [4.69, 9.17) is 4.74 Å². The molecule has 41 heavy (non-hydrogen) atoms. The number of amides is 2. The van der Waals surface area contributed by atoms with E-state index in [1.54, 1.807) is 18.7 Å². The summed E-state index contributed by atoms with van der Waals surface area (Å²) in [6.07, 6.45) is 6.59. The molecule has 5 rings (SSSR count). The summed E-state index contributed by atoms with van der Waals surface area (Å²) in [5.41, 5.74) is 2.11. The average Bonchev–Trinajstić information content (AvgIpc) is 3.38. The average molecular weight is 604 g/mol. The van der Waals surface area contributed by atoms with Crippen LogP contribution in [0.15, 0.2) is 61.2 Å². The van der Waals surface area contributed by atoms with Crippen LogP contribution in [0, 0.1) is 5.41 Å². The molecule has 3 heterocycles. The van der Waals surface area contributed by atoms with E-state index in [0.717, 1.165) is 34.7 Å². The van der Waals surface area contributed by atoms with Crippen molar-refractivity contribution >= 4 is 41.4 Å². The molecule has 4 aromatic rings. The molecule has 2 amide bonds. The van der Waals surface area contributed by atoms with Gasteiger partial charge in [-0.25, -0.2) is 9.97 Å². The van der Waals surface area contributed by atoms with Crippen LogP contribution in [0.25, 0.3) is 21.8 Å². The van der Waals surface area contributed by atoms with Gasteiger partial charge >= 0.3 is 33.0 Å². The Morgan fingerprint density at radius 3 is 2.49 bits per heavy atom. The third-order valence-corrected chi connectivity index (χ3v) is 6.56. The minimum absolute atomic E-state index is 0.0602. The van der Waals surface area contributed by atoms with Crippen LogP contribution in [0.1, 0.15) is 41.7 Å². The molecule has 2 aromatic heterocycles. The molecular formula is C26H28F6N5O3P. The van der Waals surface area contributed by atoms with Gasteiger partial charge in [0.15, 0.2) is 12.4 Å². The van der Waals surface area contributed by atoms with Crippen LogP contribution in [-0.4, -0.2) is 41.5 Å². The second kappa shape index (κ2) is 10.6. The molecule has 1 saturated heterocycles. The summed E-state index contributed by atoms with van der Waals surface area (Å²) < 4.78 is 64.8. The van der Waals surface area contributed by atoms with Crippen LogP contribution in [0.2, 0.25) is 0 Å². The van der Waals surface area contributed by atoms with Crippen molar-refractivity contribution in [3.8, 4) is 0 Å². The van der Waals surface area contributed by atoms with Gasteiger partial charge in [0.2, 0.25) is 5.91 Å². The standard InChI is InChI=1S/C26H27N5O3.F6P/c1-26(9-4-10-34-15-26)25(33)28-14-21(19-8-7-17-5-2-3-6-18(17)11-19)31-24(32)20-12-27-13-22-23(20)30-16-29-22;1-7(2,3,4,5)6/h2-3,5-8,11-13,16,21H,4,9-10,14-15H2,1H3,(H,28,33)(H,29,30)(H,31,32);/q;-1/p+1. The van der Waals surface area contributed by atoms with Gasteiger partial charge in [-0.1, -0.05) is 36.4 Å². The van der Waals surface area contributed by atoms with Crippen molar-refractivity contribution in [1.82, 2.24) is 20.6 Å².